The fraction of sp³-hybridized carbons (Fsp3) is 0.318. The van der Waals surface area contributed by atoms with Crippen LogP contribution in [-0.4, -0.2) is 26.1 Å². The molecule has 5 heteroatoms. The molecule has 0 bridgehead atoms. The summed E-state index contributed by atoms with van der Waals surface area (Å²) in [5.74, 6) is 0.270. The highest BCUT2D eigenvalue weighted by molar-refractivity contribution is 7.94. The molecule has 1 heterocycles. The van der Waals surface area contributed by atoms with E-state index in [0.29, 0.717) is 18.8 Å². The first kappa shape index (κ1) is 19.4. The summed E-state index contributed by atoms with van der Waals surface area (Å²) in [7, 11) is -3.25. The van der Waals surface area contributed by atoms with Crippen LogP contribution in [0.15, 0.2) is 66.1 Å². The maximum absolute atomic E-state index is 13.0. The van der Waals surface area contributed by atoms with Crippen LogP contribution in [0.5, 0.6) is 0 Å². The molecule has 1 amide bonds. The summed E-state index contributed by atoms with van der Waals surface area (Å²) in [6, 6.07) is 17.2. The van der Waals surface area contributed by atoms with E-state index in [1.54, 1.807) is 11.0 Å². The minimum Gasteiger partial charge on any atom is -0.304 e. The van der Waals surface area contributed by atoms with E-state index in [1.165, 1.54) is 11.0 Å². The van der Waals surface area contributed by atoms with E-state index in [4.69, 9.17) is 0 Å². The Balaban J connectivity index is 1.83. The molecule has 2 aromatic carbocycles. The van der Waals surface area contributed by atoms with Crippen molar-refractivity contribution in [2.75, 3.05) is 10.7 Å². The second-order valence-electron chi connectivity index (χ2n) is 7.22. The molecule has 0 fully saturated rings. The Morgan fingerprint density at radius 3 is 2.30 bits per heavy atom. The number of benzene rings is 2. The minimum absolute atomic E-state index is 0.0595. The maximum Gasteiger partial charge on any atom is 0.227 e. The second-order valence-corrected chi connectivity index (χ2v) is 9.15. The largest absolute Gasteiger partial charge is 0.304 e. The number of rotatable bonds is 6. The zero-order chi connectivity index (χ0) is 19.4. The van der Waals surface area contributed by atoms with Gasteiger partial charge in [-0.2, -0.15) is 0 Å². The van der Waals surface area contributed by atoms with Crippen LogP contribution >= 0.6 is 0 Å². The molecule has 1 atom stereocenters. The fourth-order valence-electron chi connectivity index (χ4n) is 3.28. The average molecular weight is 384 g/mol. The van der Waals surface area contributed by atoms with Gasteiger partial charge < -0.3 is 4.90 Å². The van der Waals surface area contributed by atoms with E-state index < -0.39 is 15.9 Å². The molecule has 0 unspecified atom stereocenters. The van der Waals surface area contributed by atoms with Crippen molar-refractivity contribution in [2.24, 2.45) is 0 Å². The topological polar surface area (TPSA) is 54.5 Å². The number of hydrogen-bond acceptors (Lipinski definition) is 3. The quantitative estimate of drug-likeness (QED) is 0.755. The molecule has 0 aromatic heterocycles. The molecular formula is C22H25NO3S. The van der Waals surface area contributed by atoms with Crippen molar-refractivity contribution in [3.8, 4) is 0 Å². The predicted molar refractivity (Wildman–Crippen MR) is 109 cm³/mol. The van der Waals surface area contributed by atoms with Gasteiger partial charge in [-0.05, 0) is 41.7 Å². The van der Waals surface area contributed by atoms with Crippen molar-refractivity contribution in [2.45, 2.75) is 38.6 Å². The Morgan fingerprint density at radius 2 is 1.74 bits per heavy atom. The smallest absolute Gasteiger partial charge is 0.227 e. The fourth-order valence-corrected chi connectivity index (χ4v) is 4.54. The lowest BCUT2D eigenvalue weighted by molar-refractivity contribution is -0.118. The molecule has 0 radical (unpaired) electrons. The van der Waals surface area contributed by atoms with Crippen molar-refractivity contribution >= 4 is 21.4 Å². The van der Waals surface area contributed by atoms with Crippen LogP contribution in [-0.2, 0) is 21.1 Å². The van der Waals surface area contributed by atoms with Crippen molar-refractivity contribution in [1.29, 1.82) is 0 Å². The highest BCUT2D eigenvalue weighted by atomic mass is 32.2. The normalized spacial score (nSPS) is 18.0. The Hall–Kier alpha value is -2.40. The predicted octanol–water partition coefficient (Wildman–Crippen LogP) is 4.09. The van der Waals surface area contributed by atoms with Crippen molar-refractivity contribution in [1.82, 2.24) is 0 Å². The van der Waals surface area contributed by atoms with Crippen LogP contribution in [0.1, 0.15) is 37.3 Å². The standard InChI is InChI=1S/C22H25NO3S/c1-17(2)19-9-11-20(12-10-19)23(21-14-15-27(25,26)16-21)22(24)13-8-18-6-4-3-5-7-18/h3-7,9-12,14-15,17,21H,8,13,16H2,1-2H3/t21-/m0/s1. The van der Waals surface area contributed by atoms with E-state index in [0.717, 1.165) is 11.3 Å². The number of anilines is 1. The second kappa shape index (κ2) is 8.09. The van der Waals surface area contributed by atoms with Gasteiger partial charge in [-0.3, -0.25) is 4.79 Å². The molecule has 3 rings (SSSR count). The van der Waals surface area contributed by atoms with E-state index in [1.807, 2.05) is 54.6 Å². The first-order valence-corrected chi connectivity index (χ1v) is 10.9. The van der Waals surface area contributed by atoms with Gasteiger partial charge in [0.25, 0.3) is 0 Å². The van der Waals surface area contributed by atoms with Crippen LogP contribution in [0.2, 0.25) is 0 Å². The molecule has 1 aliphatic heterocycles. The SMILES string of the molecule is CC(C)c1ccc(N(C(=O)CCc2ccccc2)[C@H]2C=CS(=O)(=O)C2)cc1. The summed E-state index contributed by atoms with van der Waals surface area (Å²) < 4.78 is 23.8. The average Bonchev–Trinajstić information content (AvgIpc) is 3.01. The van der Waals surface area contributed by atoms with Crippen LogP contribution in [0.25, 0.3) is 0 Å². The zero-order valence-corrected chi connectivity index (χ0v) is 16.5. The third kappa shape index (κ3) is 4.86. The summed E-state index contributed by atoms with van der Waals surface area (Å²) in [5.41, 5.74) is 3.02. The third-order valence-electron chi connectivity index (χ3n) is 4.82. The minimum atomic E-state index is -3.25. The first-order valence-electron chi connectivity index (χ1n) is 9.22. The molecule has 0 saturated carbocycles. The Morgan fingerprint density at radius 1 is 1.07 bits per heavy atom. The molecule has 0 spiro atoms. The molecule has 0 aliphatic carbocycles. The molecule has 0 saturated heterocycles. The van der Waals surface area contributed by atoms with Gasteiger partial charge in [0.1, 0.15) is 0 Å². The number of hydrogen-bond donors (Lipinski definition) is 0. The first-order chi connectivity index (χ1) is 12.9. The van der Waals surface area contributed by atoms with Gasteiger partial charge in [-0.1, -0.05) is 56.3 Å². The lowest BCUT2D eigenvalue weighted by Gasteiger charge is -2.28. The van der Waals surface area contributed by atoms with Gasteiger partial charge in [0.15, 0.2) is 9.84 Å². The summed E-state index contributed by atoms with van der Waals surface area (Å²) in [6.07, 6.45) is 2.58. The number of carbonyl (C=O) groups is 1. The van der Waals surface area contributed by atoms with Gasteiger partial charge in [0, 0.05) is 17.5 Å². The Labute approximate surface area is 161 Å². The van der Waals surface area contributed by atoms with E-state index in [9.17, 15) is 13.2 Å². The molecular weight excluding hydrogens is 358 g/mol. The van der Waals surface area contributed by atoms with Gasteiger partial charge >= 0.3 is 0 Å². The zero-order valence-electron chi connectivity index (χ0n) is 15.7. The van der Waals surface area contributed by atoms with Gasteiger partial charge in [-0.25, -0.2) is 8.42 Å². The van der Waals surface area contributed by atoms with Gasteiger partial charge in [0.05, 0.1) is 11.8 Å². The molecule has 2 aromatic rings. The number of amides is 1. The highest BCUT2D eigenvalue weighted by Crippen LogP contribution is 2.26. The van der Waals surface area contributed by atoms with E-state index in [2.05, 4.69) is 13.8 Å². The Kier molecular flexibility index (Phi) is 5.80. The monoisotopic (exact) mass is 383 g/mol. The number of nitrogens with zero attached hydrogens (tertiary/aromatic N) is 1. The van der Waals surface area contributed by atoms with Crippen molar-refractivity contribution in [3.63, 3.8) is 0 Å². The molecule has 1 aliphatic rings. The van der Waals surface area contributed by atoms with E-state index in [-0.39, 0.29) is 11.7 Å². The van der Waals surface area contributed by atoms with Crippen LogP contribution in [0, 0.1) is 0 Å². The molecule has 27 heavy (non-hydrogen) atoms. The highest BCUT2D eigenvalue weighted by Gasteiger charge is 2.31. The molecule has 0 N–H and O–H groups in total. The molecule has 4 nitrogen and oxygen atoms in total. The van der Waals surface area contributed by atoms with Crippen LogP contribution < -0.4 is 4.90 Å². The summed E-state index contributed by atoms with van der Waals surface area (Å²) in [4.78, 5) is 14.7. The third-order valence-corrected chi connectivity index (χ3v) is 6.20. The number of aryl methyl sites for hydroxylation is 1. The summed E-state index contributed by atoms with van der Waals surface area (Å²) >= 11 is 0. The van der Waals surface area contributed by atoms with E-state index >= 15 is 0 Å². The maximum atomic E-state index is 13.0. The van der Waals surface area contributed by atoms with Crippen molar-refractivity contribution < 1.29 is 13.2 Å². The van der Waals surface area contributed by atoms with Gasteiger partial charge in [0.2, 0.25) is 5.91 Å². The summed E-state index contributed by atoms with van der Waals surface area (Å²) in [6.45, 7) is 4.23. The van der Waals surface area contributed by atoms with Crippen LogP contribution in [0.4, 0.5) is 5.69 Å². The molecule has 142 valence electrons. The van der Waals surface area contributed by atoms with Crippen LogP contribution in [0.3, 0.4) is 0 Å². The van der Waals surface area contributed by atoms with Crippen molar-refractivity contribution in [3.05, 3.63) is 77.2 Å². The number of carbonyl (C=O) groups excluding carboxylic acids is 1. The Bertz CT molecular complexity index is 916. The number of sulfone groups is 1. The lowest BCUT2D eigenvalue weighted by atomic mass is 10.0. The lowest BCUT2D eigenvalue weighted by Crippen LogP contribution is -2.41. The summed E-state index contributed by atoms with van der Waals surface area (Å²) in [5, 5.41) is 1.22. The van der Waals surface area contributed by atoms with Gasteiger partial charge in [-0.15, -0.1) is 0 Å².